The molecule has 7 nitrogen and oxygen atoms in total. The monoisotopic (exact) mass is 473 g/mol. The van der Waals surface area contributed by atoms with E-state index in [0.29, 0.717) is 17.0 Å². The van der Waals surface area contributed by atoms with Crippen LogP contribution in [0, 0.1) is 0 Å². The van der Waals surface area contributed by atoms with Gasteiger partial charge in [0.15, 0.2) is 0 Å². The molecule has 3 rings (SSSR count). The Bertz CT molecular complexity index is 1210. The number of pyridine rings is 1. The first-order valence-corrected chi connectivity index (χ1v) is 11.7. The zero-order valence-electron chi connectivity index (χ0n) is 17.6. The third-order valence-electron chi connectivity index (χ3n) is 4.96. The molecular formula is C23H24ClN3O4S. The number of benzene rings is 2. The van der Waals surface area contributed by atoms with Gasteiger partial charge >= 0.3 is 5.97 Å². The number of fused-ring (bicyclic) bond motifs is 1. The van der Waals surface area contributed by atoms with Gasteiger partial charge in [-0.2, -0.15) is 4.31 Å². The molecule has 2 aromatic carbocycles. The van der Waals surface area contributed by atoms with Crippen LogP contribution in [0.5, 0.6) is 0 Å². The molecule has 0 spiro atoms. The van der Waals surface area contributed by atoms with Crippen LogP contribution in [0.15, 0.2) is 71.9 Å². The zero-order chi connectivity index (χ0) is 23.1. The van der Waals surface area contributed by atoms with Crippen molar-refractivity contribution < 1.29 is 18.3 Å². The number of hydrogen-bond acceptors (Lipinski definition) is 5. The van der Waals surface area contributed by atoms with Crippen molar-refractivity contribution in [3.05, 3.63) is 77.6 Å². The molecule has 0 aliphatic rings. The van der Waals surface area contributed by atoms with Gasteiger partial charge in [0.1, 0.15) is 0 Å². The Morgan fingerprint density at radius 3 is 2.59 bits per heavy atom. The Morgan fingerprint density at radius 2 is 1.88 bits per heavy atom. The Kier molecular flexibility index (Phi) is 7.98. The highest BCUT2D eigenvalue weighted by atomic mass is 35.5. The van der Waals surface area contributed by atoms with Crippen molar-refractivity contribution in [1.29, 1.82) is 0 Å². The number of carboxylic acid groups (broad SMARTS) is 1. The molecule has 0 aliphatic heterocycles. The summed E-state index contributed by atoms with van der Waals surface area (Å²) in [6.07, 6.45) is 6.90. The smallest absolute Gasteiger partial charge is 0.317 e. The number of carbonyl (C=O) groups is 1. The van der Waals surface area contributed by atoms with Gasteiger partial charge in [-0.05, 0) is 29.8 Å². The molecule has 0 atom stereocenters. The molecule has 0 radical (unpaired) electrons. The van der Waals surface area contributed by atoms with Crippen LogP contribution in [0.4, 0.5) is 0 Å². The highest BCUT2D eigenvalue weighted by molar-refractivity contribution is 7.89. The SMILES string of the molecule is CN(CCN(CC=Cc1ccc(Cl)cc1)CC(=O)O)S(=O)(=O)c1cccc2cnccc12. The van der Waals surface area contributed by atoms with Crippen molar-refractivity contribution in [2.24, 2.45) is 0 Å². The van der Waals surface area contributed by atoms with Crippen molar-refractivity contribution >= 4 is 44.4 Å². The van der Waals surface area contributed by atoms with E-state index in [1.807, 2.05) is 30.4 Å². The van der Waals surface area contributed by atoms with Gasteiger partial charge in [0.2, 0.25) is 10.0 Å². The lowest BCUT2D eigenvalue weighted by Crippen LogP contribution is -2.38. The Balaban J connectivity index is 1.69. The lowest BCUT2D eigenvalue weighted by atomic mass is 10.2. The van der Waals surface area contributed by atoms with E-state index in [1.54, 1.807) is 47.6 Å². The minimum absolute atomic E-state index is 0.145. The van der Waals surface area contributed by atoms with Crippen LogP contribution in [0.2, 0.25) is 5.02 Å². The average molecular weight is 474 g/mol. The number of nitrogens with zero attached hydrogens (tertiary/aromatic N) is 3. The maximum Gasteiger partial charge on any atom is 0.317 e. The first-order valence-electron chi connectivity index (χ1n) is 9.93. The molecular weight excluding hydrogens is 450 g/mol. The maximum absolute atomic E-state index is 13.2. The number of carboxylic acids is 1. The second-order valence-corrected chi connectivity index (χ2v) is 9.71. The van der Waals surface area contributed by atoms with Gasteiger partial charge < -0.3 is 5.11 Å². The van der Waals surface area contributed by atoms with E-state index in [9.17, 15) is 18.3 Å². The summed E-state index contributed by atoms with van der Waals surface area (Å²) in [6, 6.07) is 14.0. The number of likely N-dealkylation sites (N-methyl/N-ethyl adjacent to an activating group) is 1. The quantitative estimate of drug-likeness (QED) is 0.483. The fourth-order valence-corrected chi connectivity index (χ4v) is 4.72. The second kappa shape index (κ2) is 10.7. The van der Waals surface area contributed by atoms with Crippen molar-refractivity contribution in [2.75, 3.05) is 33.2 Å². The fraction of sp³-hybridized carbons (Fsp3) is 0.217. The first kappa shape index (κ1) is 23.9. The number of hydrogen-bond donors (Lipinski definition) is 1. The van der Waals surface area contributed by atoms with E-state index < -0.39 is 16.0 Å². The first-order chi connectivity index (χ1) is 15.3. The third-order valence-corrected chi connectivity index (χ3v) is 7.13. The molecule has 1 heterocycles. The summed E-state index contributed by atoms with van der Waals surface area (Å²) < 4.78 is 27.6. The van der Waals surface area contributed by atoms with Gasteiger partial charge in [0, 0.05) is 54.9 Å². The number of halogens is 1. The van der Waals surface area contributed by atoms with E-state index in [1.165, 1.54) is 11.4 Å². The van der Waals surface area contributed by atoms with Gasteiger partial charge in [0.25, 0.3) is 0 Å². The number of sulfonamides is 1. The lowest BCUT2D eigenvalue weighted by Gasteiger charge is -2.23. The van der Waals surface area contributed by atoms with Gasteiger partial charge in [0.05, 0.1) is 11.4 Å². The second-order valence-electron chi connectivity index (χ2n) is 7.26. The maximum atomic E-state index is 13.2. The van der Waals surface area contributed by atoms with E-state index in [4.69, 9.17) is 11.6 Å². The summed E-state index contributed by atoms with van der Waals surface area (Å²) in [5.74, 6) is -0.975. The zero-order valence-corrected chi connectivity index (χ0v) is 19.1. The molecule has 0 saturated heterocycles. The number of aromatic nitrogens is 1. The highest BCUT2D eigenvalue weighted by Crippen LogP contribution is 2.24. The van der Waals surface area contributed by atoms with Gasteiger partial charge in [-0.1, -0.05) is 48.0 Å². The Labute approximate surface area is 192 Å². The molecule has 0 bridgehead atoms. The minimum atomic E-state index is -3.76. The van der Waals surface area contributed by atoms with Crippen molar-refractivity contribution in [3.63, 3.8) is 0 Å². The lowest BCUT2D eigenvalue weighted by molar-refractivity contribution is -0.138. The van der Waals surface area contributed by atoms with Crippen molar-refractivity contribution in [2.45, 2.75) is 4.90 Å². The molecule has 3 aromatic rings. The largest absolute Gasteiger partial charge is 0.480 e. The van der Waals surface area contributed by atoms with Crippen LogP contribution >= 0.6 is 11.6 Å². The molecule has 0 amide bonds. The van der Waals surface area contributed by atoms with Crippen LogP contribution in [0.1, 0.15) is 5.56 Å². The summed E-state index contributed by atoms with van der Waals surface area (Å²) in [5, 5.41) is 11.2. The van der Waals surface area contributed by atoms with Crippen LogP contribution in [0.3, 0.4) is 0 Å². The highest BCUT2D eigenvalue weighted by Gasteiger charge is 2.23. The van der Waals surface area contributed by atoms with E-state index in [2.05, 4.69) is 4.98 Å². The fourth-order valence-electron chi connectivity index (χ4n) is 3.23. The Morgan fingerprint density at radius 1 is 1.12 bits per heavy atom. The summed E-state index contributed by atoms with van der Waals surface area (Å²) in [4.78, 5) is 17.2. The number of rotatable bonds is 10. The van der Waals surface area contributed by atoms with Crippen LogP contribution in [-0.4, -0.2) is 66.9 Å². The van der Waals surface area contributed by atoms with Crippen LogP contribution in [-0.2, 0) is 14.8 Å². The minimum Gasteiger partial charge on any atom is -0.480 e. The van der Waals surface area contributed by atoms with Crippen molar-refractivity contribution in [1.82, 2.24) is 14.2 Å². The predicted octanol–water partition coefficient (Wildman–Crippen LogP) is 3.61. The summed E-state index contributed by atoms with van der Waals surface area (Å²) in [7, 11) is -2.26. The topological polar surface area (TPSA) is 90.8 Å². The Hall–Kier alpha value is -2.78. The van der Waals surface area contributed by atoms with Crippen LogP contribution < -0.4 is 0 Å². The predicted molar refractivity (Wildman–Crippen MR) is 126 cm³/mol. The normalized spacial score (nSPS) is 12.2. The summed E-state index contributed by atoms with van der Waals surface area (Å²) >= 11 is 5.88. The van der Waals surface area contributed by atoms with Crippen LogP contribution in [0.25, 0.3) is 16.8 Å². The molecule has 9 heteroatoms. The summed E-state index contributed by atoms with van der Waals surface area (Å²) in [5.41, 5.74) is 0.940. The molecule has 0 unspecified atom stereocenters. The van der Waals surface area contributed by atoms with Gasteiger partial charge in [-0.15, -0.1) is 0 Å². The molecule has 0 saturated carbocycles. The molecule has 1 N–H and O–H groups in total. The van der Waals surface area contributed by atoms with E-state index in [0.717, 1.165) is 10.9 Å². The third kappa shape index (κ3) is 6.14. The van der Waals surface area contributed by atoms with Crippen molar-refractivity contribution in [3.8, 4) is 0 Å². The van der Waals surface area contributed by atoms with E-state index in [-0.39, 0.29) is 24.5 Å². The van der Waals surface area contributed by atoms with Gasteiger partial charge in [-0.3, -0.25) is 14.7 Å². The number of aliphatic carboxylic acids is 1. The summed E-state index contributed by atoms with van der Waals surface area (Å²) in [6.45, 7) is 0.576. The van der Waals surface area contributed by atoms with E-state index >= 15 is 0 Å². The molecule has 1 aromatic heterocycles. The molecule has 32 heavy (non-hydrogen) atoms. The van der Waals surface area contributed by atoms with Gasteiger partial charge in [-0.25, -0.2) is 8.42 Å². The molecule has 0 aliphatic carbocycles. The standard InChI is InChI=1S/C23H24ClN3O4S/c1-26(32(30,31)22-6-2-5-19-16-25-12-11-21(19)22)14-15-27(17-23(28)29)13-3-4-18-7-9-20(24)10-8-18/h2-12,16H,13-15,17H2,1H3,(H,28,29). The molecule has 168 valence electrons. The average Bonchev–Trinajstić information content (AvgIpc) is 2.77. The molecule has 0 fully saturated rings.